The van der Waals surface area contributed by atoms with E-state index in [0.29, 0.717) is 30.9 Å². The average molecular weight is 627 g/mol. The predicted octanol–water partition coefficient (Wildman–Crippen LogP) is 4.98. The van der Waals surface area contributed by atoms with Gasteiger partial charge in [0.05, 0.1) is 28.2 Å². The zero-order valence-electron chi connectivity index (χ0n) is 21.5. The van der Waals surface area contributed by atoms with Crippen molar-refractivity contribution in [2.75, 3.05) is 11.9 Å². The van der Waals surface area contributed by atoms with Crippen molar-refractivity contribution < 1.29 is 14.3 Å². The van der Waals surface area contributed by atoms with Crippen LogP contribution in [0.2, 0.25) is 15.1 Å². The quantitative estimate of drug-likeness (QED) is 0.294. The lowest BCUT2D eigenvalue weighted by Gasteiger charge is -2.27. The summed E-state index contributed by atoms with van der Waals surface area (Å²) in [6.07, 6.45) is 1.68. The van der Waals surface area contributed by atoms with E-state index in [-0.39, 0.29) is 28.2 Å². The molecule has 4 aromatic rings. The molecule has 7 nitrogen and oxygen atoms in total. The van der Waals surface area contributed by atoms with Crippen molar-refractivity contribution in [2.24, 2.45) is 5.73 Å². The lowest BCUT2D eigenvalue weighted by atomic mass is 9.82. The van der Waals surface area contributed by atoms with Gasteiger partial charge < -0.3 is 15.8 Å². The van der Waals surface area contributed by atoms with Crippen LogP contribution in [0.3, 0.4) is 0 Å². The Bertz CT molecular complexity index is 1860. The summed E-state index contributed by atoms with van der Waals surface area (Å²) in [7, 11) is 0. The maximum Gasteiger partial charge on any atom is 0.338 e. The molecule has 41 heavy (non-hydrogen) atoms. The lowest BCUT2D eigenvalue weighted by Crippen LogP contribution is -2.42. The van der Waals surface area contributed by atoms with Crippen molar-refractivity contribution in [1.29, 1.82) is 0 Å². The van der Waals surface area contributed by atoms with E-state index in [9.17, 15) is 14.4 Å². The Labute approximate surface area is 253 Å². The van der Waals surface area contributed by atoms with E-state index in [2.05, 4.69) is 5.32 Å². The molecule has 1 aromatic heterocycles. The Morgan fingerprint density at radius 3 is 2.07 bits per heavy atom. The standard InChI is InChI=1S/C30H22Cl3N3O4S/c1-2-40-30(39)24-23(17-5-9-19(32)10-6-17)25(27(37)35-21-13-11-20(33)12-14-21)29-36(26(24)34)28(38)22(41-29)15-16-3-7-18(31)8-4-16/h3-15,23H,2,34H2,1H3,(H,35,37)/b22-15-. The van der Waals surface area contributed by atoms with E-state index >= 15 is 0 Å². The number of rotatable bonds is 6. The van der Waals surface area contributed by atoms with Gasteiger partial charge in [-0.05, 0) is 72.7 Å². The lowest BCUT2D eigenvalue weighted by molar-refractivity contribution is -0.138. The minimum atomic E-state index is -0.958. The van der Waals surface area contributed by atoms with Crippen LogP contribution in [0, 0.1) is 0 Å². The van der Waals surface area contributed by atoms with Gasteiger partial charge in [0.25, 0.3) is 11.5 Å². The number of amides is 1. The van der Waals surface area contributed by atoms with E-state index in [1.54, 1.807) is 85.8 Å². The molecule has 1 aliphatic rings. The van der Waals surface area contributed by atoms with Gasteiger partial charge in [-0.15, -0.1) is 11.3 Å². The largest absolute Gasteiger partial charge is 0.463 e. The number of hydrogen-bond donors (Lipinski definition) is 2. The minimum absolute atomic E-state index is 0.0270. The monoisotopic (exact) mass is 625 g/mol. The Hall–Kier alpha value is -3.82. The normalized spacial score (nSPS) is 15.1. The second-order valence-electron chi connectivity index (χ2n) is 8.99. The summed E-state index contributed by atoms with van der Waals surface area (Å²) in [4.78, 5) is 41.2. The van der Waals surface area contributed by atoms with E-state index in [1.165, 1.54) is 4.57 Å². The predicted molar refractivity (Wildman–Crippen MR) is 165 cm³/mol. The molecule has 1 atom stereocenters. The summed E-state index contributed by atoms with van der Waals surface area (Å²) in [6.45, 7) is 1.73. The Morgan fingerprint density at radius 1 is 0.927 bits per heavy atom. The van der Waals surface area contributed by atoms with Crippen LogP contribution in [0.1, 0.15) is 24.0 Å². The molecule has 1 amide bonds. The fourth-order valence-electron chi connectivity index (χ4n) is 4.51. The molecule has 208 valence electrons. The topological polar surface area (TPSA) is 103 Å². The van der Waals surface area contributed by atoms with Crippen LogP contribution in [0.4, 0.5) is 5.69 Å². The molecular formula is C30H22Cl3N3O4S. The molecule has 5 rings (SSSR count). The van der Waals surface area contributed by atoms with Crippen LogP contribution >= 0.6 is 46.1 Å². The highest BCUT2D eigenvalue weighted by Crippen LogP contribution is 2.38. The van der Waals surface area contributed by atoms with Crippen LogP contribution in [0.5, 0.6) is 0 Å². The van der Waals surface area contributed by atoms with Crippen LogP contribution in [-0.4, -0.2) is 23.1 Å². The summed E-state index contributed by atoms with van der Waals surface area (Å²) >= 11 is 19.3. The maximum absolute atomic E-state index is 14.1. The number of halogens is 3. The summed E-state index contributed by atoms with van der Waals surface area (Å²) in [5.74, 6) is -2.35. The number of fused-ring (bicyclic) bond motifs is 1. The van der Waals surface area contributed by atoms with Crippen LogP contribution < -0.4 is 25.8 Å². The SMILES string of the molecule is CCOC(=O)C1=C(N)n2c(s/c(=C\c3ccc(Cl)cc3)c2=O)=C(C(=O)Nc2ccc(Cl)cc2)C1c1ccc(Cl)cc1. The number of thiazole rings is 1. The van der Waals surface area contributed by atoms with Crippen molar-refractivity contribution in [3.63, 3.8) is 0 Å². The number of carbonyl (C=O) groups is 2. The minimum Gasteiger partial charge on any atom is -0.463 e. The second kappa shape index (κ2) is 12.0. The summed E-state index contributed by atoms with van der Waals surface area (Å²) in [6, 6.07) is 20.2. The van der Waals surface area contributed by atoms with Gasteiger partial charge in [0.15, 0.2) is 0 Å². The first kappa shape index (κ1) is 28.7. The number of ether oxygens (including phenoxy) is 1. The van der Waals surface area contributed by atoms with Crippen molar-refractivity contribution in [1.82, 2.24) is 4.57 Å². The first-order valence-corrected chi connectivity index (χ1v) is 14.4. The van der Waals surface area contributed by atoms with E-state index in [0.717, 1.165) is 16.9 Å². The van der Waals surface area contributed by atoms with E-state index < -0.39 is 23.4 Å². The highest BCUT2D eigenvalue weighted by molar-refractivity contribution is 7.07. The van der Waals surface area contributed by atoms with E-state index in [1.807, 2.05) is 0 Å². The van der Waals surface area contributed by atoms with Gasteiger partial charge in [-0.3, -0.25) is 14.2 Å². The maximum atomic E-state index is 14.1. The first-order chi connectivity index (χ1) is 19.7. The highest BCUT2D eigenvalue weighted by Gasteiger charge is 2.39. The molecule has 3 aromatic carbocycles. The fourth-order valence-corrected chi connectivity index (χ4v) is 6.06. The first-order valence-electron chi connectivity index (χ1n) is 12.4. The molecule has 0 fully saturated rings. The zero-order chi connectivity index (χ0) is 29.3. The van der Waals surface area contributed by atoms with Gasteiger partial charge in [-0.25, -0.2) is 4.79 Å². The molecular weight excluding hydrogens is 605 g/mol. The molecule has 1 aliphatic heterocycles. The van der Waals surface area contributed by atoms with Gasteiger partial charge in [-0.1, -0.05) is 59.1 Å². The van der Waals surface area contributed by atoms with E-state index in [4.69, 9.17) is 45.3 Å². The van der Waals surface area contributed by atoms with Gasteiger partial charge >= 0.3 is 5.97 Å². The molecule has 1 unspecified atom stereocenters. The summed E-state index contributed by atoms with van der Waals surface area (Å²) in [5, 5.41) is 4.40. The summed E-state index contributed by atoms with van der Waals surface area (Å²) in [5.41, 5.74) is 7.97. The number of carbonyl (C=O) groups excluding carboxylic acids is 2. The van der Waals surface area contributed by atoms with Crippen molar-refractivity contribution in [2.45, 2.75) is 12.8 Å². The third-order valence-corrected chi connectivity index (χ3v) is 8.23. The Kier molecular flexibility index (Phi) is 8.37. The molecule has 2 heterocycles. The van der Waals surface area contributed by atoms with Crippen molar-refractivity contribution >= 4 is 81.2 Å². The third kappa shape index (κ3) is 5.83. The number of aromatic nitrogens is 1. The number of esters is 1. The smallest absolute Gasteiger partial charge is 0.338 e. The Balaban J connectivity index is 1.82. The third-order valence-electron chi connectivity index (χ3n) is 6.36. The van der Waals surface area contributed by atoms with Crippen molar-refractivity contribution in [3.8, 4) is 0 Å². The molecule has 0 spiro atoms. The zero-order valence-corrected chi connectivity index (χ0v) is 24.6. The van der Waals surface area contributed by atoms with Gasteiger partial charge in [0.1, 0.15) is 10.5 Å². The Morgan fingerprint density at radius 2 is 1.49 bits per heavy atom. The van der Waals surface area contributed by atoms with Crippen LogP contribution in [0.15, 0.2) is 83.2 Å². The number of benzene rings is 3. The molecule has 0 bridgehead atoms. The number of hydrogen-bond acceptors (Lipinski definition) is 6. The van der Waals surface area contributed by atoms with Gasteiger partial charge in [-0.2, -0.15) is 0 Å². The molecule has 0 saturated carbocycles. The molecule has 0 saturated heterocycles. The average Bonchev–Trinajstić information content (AvgIpc) is 3.27. The number of anilines is 1. The summed E-state index contributed by atoms with van der Waals surface area (Å²) < 4.78 is 7.15. The van der Waals surface area contributed by atoms with Gasteiger partial charge in [0.2, 0.25) is 0 Å². The number of nitrogens with zero attached hydrogens (tertiary/aromatic N) is 1. The molecule has 0 radical (unpaired) electrons. The van der Waals surface area contributed by atoms with Crippen LogP contribution in [0.25, 0.3) is 17.5 Å². The number of nitrogens with one attached hydrogen (secondary N) is 1. The second-order valence-corrected chi connectivity index (χ2v) is 11.3. The van der Waals surface area contributed by atoms with Crippen molar-refractivity contribution in [3.05, 3.63) is 124 Å². The molecule has 3 N–H and O–H groups in total. The molecule has 11 heteroatoms. The number of nitrogens with two attached hydrogens (primary N) is 1. The van der Waals surface area contributed by atoms with Gasteiger partial charge in [0, 0.05) is 20.8 Å². The van der Waals surface area contributed by atoms with Crippen LogP contribution in [-0.2, 0) is 14.3 Å². The fraction of sp³-hybridized carbons (Fsp3) is 0.100. The highest BCUT2D eigenvalue weighted by atomic mass is 35.5. The molecule has 0 aliphatic carbocycles.